The van der Waals surface area contributed by atoms with Crippen molar-refractivity contribution in [2.75, 3.05) is 26.4 Å². The fourth-order valence-corrected chi connectivity index (χ4v) is 11.4. The third-order valence-corrected chi connectivity index (χ3v) is 14.3. The van der Waals surface area contributed by atoms with Gasteiger partial charge in [-0.05, 0) is 121 Å². The van der Waals surface area contributed by atoms with Gasteiger partial charge < -0.3 is 55.2 Å². The minimum atomic E-state index is -0.307. The van der Waals surface area contributed by atoms with Crippen LogP contribution in [0, 0.1) is 40.5 Å². The van der Waals surface area contributed by atoms with Crippen LogP contribution < -0.4 is 14.2 Å². The Bertz CT molecular complexity index is 3960. The first kappa shape index (κ1) is 50.6. The summed E-state index contributed by atoms with van der Waals surface area (Å²) in [6.45, 7) is 27.2. The van der Waals surface area contributed by atoms with Gasteiger partial charge in [0, 0.05) is 106 Å². The highest BCUT2D eigenvalue weighted by atomic mass is 16.7. The molecule has 77 heavy (non-hydrogen) atoms. The van der Waals surface area contributed by atoms with Gasteiger partial charge in [-0.2, -0.15) is 0 Å². The van der Waals surface area contributed by atoms with Gasteiger partial charge in [0.2, 0.25) is 0 Å². The molecule has 396 valence electrons. The molecule has 0 N–H and O–H groups in total. The molecule has 0 saturated heterocycles. The SMILES string of the molecule is CC.CCOC1=CC(C)C(c2cn(-c3c(C)cc(C)c4c3c3cnccc3n4Cn3c4ccc(C)nc4c4c(-n5cc(-c6ccc(OCC)o6)c(-c6ccc(OCC)o6)c5)c(C)cc(C)c43)cc2-c2ccc(OCC)o2)O1. The molecule has 2 unspecified atom stereocenters. The van der Waals surface area contributed by atoms with E-state index < -0.39 is 0 Å². The molecule has 1 aliphatic rings. The van der Waals surface area contributed by atoms with Crippen molar-refractivity contribution in [3.8, 4) is 63.2 Å². The van der Waals surface area contributed by atoms with Gasteiger partial charge in [0.15, 0.2) is 0 Å². The molecule has 0 saturated carbocycles. The maximum atomic E-state index is 6.54. The quantitative estimate of drug-likeness (QED) is 0.0921. The van der Waals surface area contributed by atoms with E-state index in [0.29, 0.717) is 74.2 Å². The Hall–Kier alpha value is -8.52. The van der Waals surface area contributed by atoms with E-state index in [1.165, 1.54) is 0 Å². The first-order valence-corrected chi connectivity index (χ1v) is 26.9. The summed E-state index contributed by atoms with van der Waals surface area (Å²) in [5, 5.41) is 3.18. The van der Waals surface area contributed by atoms with E-state index in [0.717, 1.165) is 105 Å². The van der Waals surface area contributed by atoms with Crippen LogP contribution in [0.3, 0.4) is 0 Å². The number of furan rings is 3. The van der Waals surface area contributed by atoms with Gasteiger partial charge >= 0.3 is 0 Å². The first-order chi connectivity index (χ1) is 37.5. The molecule has 2 aromatic carbocycles. The molecule has 0 amide bonds. The van der Waals surface area contributed by atoms with E-state index in [2.05, 4.69) is 121 Å². The molecule has 9 aromatic heterocycles. The predicted octanol–water partition coefficient (Wildman–Crippen LogP) is 15.9. The molecule has 14 nitrogen and oxygen atoms in total. The third-order valence-electron chi connectivity index (χ3n) is 14.3. The van der Waals surface area contributed by atoms with Crippen LogP contribution in [0.2, 0.25) is 0 Å². The van der Waals surface area contributed by atoms with Gasteiger partial charge in [-0.25, -0.2) is 0 Å². The molecule has 10 heterocycles. The zero-order valence-corrected chi connectivity index (χ0v) is 46.0. The molecule has 0 aliphatic carbocycles. The molecular formula is C63H66N6O8. The van der Waals surface area contributed by atoms with E-state index in [1.807, 2.05) is 90.3 Å². The van der Waals surface area contributed by atoms with Gasteiger partial charge in [-0.15, -0.1) is 0 Å². The van der Waals surface area contributed by atoms with Gasteiger partial charge in [-0.3, -0.25) is 9.97 Å². The zero-order valence-electron chi connectivity index (χ0n) is 46.0. The molecule has 2 atom stereocenters. The summed E-state index contributed by atoms with van der Waals surface area (Å²) in [6.07, 6.45) is 14.2. The fraction of sp³-hybridized carbons (Fsp3) is 0.302. The molecule has 0 radical (unpaired) electrons. The lowest BCUT2D eigenvalue weighted by Crippen LogP contribution is -2.10. The molecule has 0 fully saturated rings. The smallest absolute Gasteiger partial charge is 0.284 e. The number of ether oxygens (including phenoxy) is 5. The summed E-state index contributed by atoms with van der Waals surface area (Å²) in [6, 6.07) is 22.5. The van der Waals surface area contributed by atoms with Crippen LogP contribution in [-0.2, 0) is 16.1 Å². The van der Waals surface area contributed by atoms with Crippen LogP contribution in [0.5, 0.6) is 17.8 Å². The van der Waals surface area contributed by atoms with Crippen LogP contribution in [0.15, 0.2) is 129 Å². The van der Waals surface area contributed by atoms with E-state index in [9.17, 15) is 0 Å². The van der Waals surface area contributed by atoms with Crippen LogP contribution in [0.25, 0.3) is 89.1 Å². The number of rotatable bonds is 16. The zero-order chi connectivity index (χ0) is 53.8. The lowest BCUT2D eigenvalue weighted by atomic mass is 9.97. The summed E-state index contributed by atoms with van der Waals surface area (Å²) in [4.78, 5) is 10.1. The van der Waals surface area contributed by atoms with E-state index in [1.54, 1.807) is 0 Å². The molecule has 14 heteroatoms. The largest absolute Gasteiger partial charge is 0.466 e. The number of hydrogen-bond acceptors (Lipinski definition) is 10. The Labute approximate surface area is 448 Å². The number of aryl methyl sites for hydroxylation is 5. The van der Waals surface area contributed by atoms with E-state index >= 15 is 0 Å². The van der Waals surface area contributed by atoms with Crippen LogP contribution in [0.1, 0.15) is 88.1 Å². The average Bonchev–Trinajstić information content (AvgIpc) is 4.49. The summed E-state index contributed by atoms with van der Waals surface area (Å²) >= 11 is 0. The third kappa shape index (κ3) is 8.69. The van der Waals surface area contributed by atoms with Gasteiger partial charge in [0.25, 0.3) is 23.8 Å². The fourth-order valence-electron chi connectivity index (χ4n) is 11.4. The maximum Gasteiger partial charge on any atom is 0.284 e. The van der Waals surface area contributed by atoms with E-state index in [-0.39, 0.29) is 12.0 Å². The normalized spacial score (nSPS) is 14.4. The number of aromatic nitrogens is 6. The number of benzene rings is 2. The maximum absolute atomic E-state index is 6.54. The Balaban J connectivity index is 0.00000312. The van der Waals surface area contributed by atoms with Crippen molar-refractivity contribution in [1.29, 1.82) is 0 Å². The average molecular weight is 1040 g/mol. The molecule has 12 rings (SSSR count). The van der Waals surface area contributed by atoms with Gasteiger partial charge in [0.05, 0.1) is 70.8 Å². The second kappa shape index (κ2) is 20.5. The minimum absolute atomic E-state index is 0.0429. The van der Waals surface area contributed by atoms with Crippen molar-refractivity contribution < 1.29 is 36.9 Å². The molecule has 0 spiro atoms. The van der Waals surface area contributed by atoms with Crippen molar-refractivity contribution in [3.63, 3.8) is 0 Å². The Kier molecular flexibility index (Phi) is 13.5. The lowest BCUT2D eigenvalue weighted by Gasteiger charge is -2.18. The monoisotopic (exact) mass is 1030 g/mol. The van der Waals surface area contributed by atoms with Gasteiger partial charge in [-0.1, -0.05) is 32.9 Å². The first-order valence-electron chi connectivity index (χ1n) is 26.9. The Morgan fingerprint density at radius 2 is 1.08 bits per heavy atom. The summed E-state index contributed by atoms with van der Waals surface area (Å²) in [5.41, 5.74) is 16.2. The highest BCUT2D eigenvalue weighted by molar-refractivity contribution is 6.14. The molecular weight excluding hydrogens is 969 g/mol. The topological polar surface area (TPSA) is 131 Å². The van der Waals surface area contributed by atoms with Crippen LogP contribution >= 0.6 is 0 Å². The van der Waals surface area contributed by atoms with Crippen molar-refractivity contribution in [1.82, 2.24) is 28.2 Å². The molecule has 11 aromatic rings. The van der Waals surface area contributed by atoms with Crippen LogP contribution in [0.4, 0.5) is 0 Å². The van der Waals surface area contributed by atoms with Gasteiger partial charge in [0.1, 0.15) is 30.1 Å². The van der Waals surface area contributed by atoms with Crippen molar-refractivity contribution in [2.24, 2.45) is 5.92 Å². The van der Waals surface area contributed by atoms with Crippen LogP contribution in [-0.4, -0.2) is 54.7 Å². The molecule has 1 aliphatic heterocycles. The summed E-state index contributed by atoms with van der Waals surface area (Å²) < 4.78 is 58.1. The highest BCUT2D eigenvalue weighted by Crippen LogP contribution is 2.47. The lowest BCUT2D eigenvalue weighted by molar-refractivity contribution is 0.00774. The second-order valence-electron chi connectivity index (χ2n) is 19.4. The standard InChI is InChI=1S/C61H60N6O8.C2H6/c1-11-68-50-20-17-47(72-50)41-29-64(30-42(41)48-18-21-51(73-48)69-12-2)58-35(6)26-37(8)60-55(58)56-46(16-15-39(10)63-56)67(60)33-66-45-23-24-62-28-40(45)54-57(34(5)25-36(7)59(54)66)65-31-43(49-19-22-52(74-49)70-13-3)44(32-65)61-38(9)27-53(75-61)71-14-4;1-2/h15-32,38,61H,11-14,33H2,1-10H3;1-2H3. The second-order valence-corrected chi connectivity index (χ2v) is 19.4. The number of pyridine rings is 2. The van der Waals surface area contributed by atoms with Crippen molar-refractivity contribution in [3.05, 3.63) is 149 Å². The Morgan fingerprint density at radius 3 is 1.66 bits per heavy atom. The number of hydrogen-bond donors (Lipinski definition) is 0. The van der Waals surface area contributed by atoms with E-state index in [4.69, 9.17) is 46.9 Å². The molecule has 0 bridgehead atoms. The van der Waals surface area contributed by atoms with Crippen molar-refractivity contribution in [2.45, 2.75) is 95.9 Å². The summed E-state index contributed by atoms with van der Waals surface area (Å²) in [5.74, 6) is 3.95. The Morgan fingerprint density at radius 1 is 0.558 bits per heavy atom. The summed E-state index contributed by atoms with van der Waals surface area (Å²) in [7, 11) is 0. The minimum Gasteiger partial charge on any atom is -0.466 e. The predicted molar refractivity (Wildman–Crippen MR) is 303 cm³/mol. The number of nitrogens with zero attached hydrogens (tertiary/aromatic N) is 6. The number of fused-ring (bicyclic) bond motifs is 6. The highest BCUT2D eigenvalue weighted by Gasteiger charge is 2.34. The van der Waals surface area contributed by atoms with Crippen molar-refractivity contribution >= 4 is 43.7 Å².